The maximum atomic E-state index is 11.1. The van der Waals surface area contributed by atoms with Crippen molar-refractivity contribution in [2.45, 2.75) is 39.7 Å². The minimum absolute atomic E-state index is 0.122. The first-order valence-electron chi connectivity index (χ1n) is 7.97. The van der Waals surface area contributed by atoms with Crippen molar-refractivity contribution in [1.29, 1.82) is 0 Å². The van der Waals surface area contributed by atoms with Gasteiger partial charge in [-0.1, -0.05) is 32.9 Å². The average Bonchev–Trinajstić information content (AvgIpc) is 2.97. The Kier molecular flexibility index (Phi) is 4.12. The lowest BCUT2D eigenvalue weighted by Crippen LogP contribution is -2.17. The maximum absolute atomic E-state index is 11.1. The van der Waals surface area contributed by atoms with E-state index < -0.39 is 0 Å². The van der Waals surface area contributed by atoms with Gasteiger partial charge in [-0.2, -0.15) is 4.52 Å². The molecule has 0 unspecified atom stereocenters. The van der Waals surface area contributed by atoms with Crippen LogP contribution < -0.4 is 5.32 Å². The Balaban J connectivity index is 1.87. The van der Waals surface area contributed by atoms with Gasteiger partial charge in [0.1, 0.15) is 5.82 Å². The molecule has 130 valence electrons. The Morgan fingerprint density at radius 1 is 1.20 bits per heavy atom. The van der Waals surface area contributed by atoms with Crippen molar-refractivity contribution >= 4 is 17.2 Å². The van der Waals surface area contributed by atoms with Crippen LogP contribution in [0, 0.1) is 17.0 Å². The van der Waals surface area contributed by atoms with Crippen LogP contribution in [0.25, 0.3) is 5.65 Å². The van der Waals surface area contributed by atoms with Crippen LogP contribution in [0.5, 0.6) is 0 Å². The number of nitro benzene ring substituents is 1. The van der Waals surface area contributed by atoms with Crippen LogP contribution in [0.3, 0.4) is 0 Å². The number of hydrogen-bond donors (Lipinski definition) is 1. The second-order valence-corrected chi connectivity index (χ2v) is 6.93. The number of benzene rings is 1. The standard InChI is InChI=1S/C17H20N6O2/c1-11-12(6-5-7-13(11)23(24)25)10-18-14-8-9-15-19-20-16(17(2,3)4)22(15)21-14/h5-9H,10H2,1-4H3,(H,18,21). The maximum Gasteiger partial charge on any atom is 0.272 e. The summed E-state index contributed by atoms with van der Waals surface area (Å²) in [6.07, 6.45) is 0. The predicted molar refractivity (Wildman–Crippen MR) is 94.6 cm³/mol. The van der Waals surface area contributed by atoms with Crippen LogP contribution >= 0.6 is 0 Å². The molecule has 0 atom stereocenters. The van der Waals surface area contributed by atoms with E-state index in [9.17, 15) is 10.1 Å². The molecule has 2 heterocycles. The second kappa shape index (κ2) is 6.12. The molecule has 0 fully saturated rings. The summed E-state index contributed by atoms with van der Waals surface area (Å²) in [4.78, 5) is 10.7. The number of rotatable bonds is 4. The highest BCUT2D eigenvalue weighted by atomic mass is 16.6. The van der Waals surface area contributed by atoms with Crippen molar-refractivity contribution in [2.75, 3.05) is 5.32 Å². The largest absolute Gasteiger partial charge is 0.365 e. The number of nitro groups is 1. The fourth-order valence-electron chi connectivity index (χ4n) is 2.60. The summed E-state index contributed by atoms with van der Waals surface area (Å²) < 4.78 is 1.72. The molecule has 8 nitrogen and oxygen atoms in total. The molecule has 0 bridgehead atoms. The van der Waals surface area contributed by atoms with Gasteiger partial charge < -0.3 is 5.32 Å². The Labute approximate surface area is 145 Å². The smallest absolute Gasteiger partial charge is 0.272 e. The predicted octanol–water partition coefficient (Wildman–Crippen LogP) is 3.25. The van der Waals surface area contributed by atoms with Gasteiger partial charge in [0.2, 0.25) is 0 Å². The van der Waals surface area contributed by atoms with Gasteiger partial charge >= 0.3 is 0 Å². The van der Waals surface area contributed by atoms with Crippen molar-refractivity contribution in [2.24, 2.45) is 0 Å². The van der Waals surface area contributed by atoms with Crippen LogP contribution in [0.1, 0.15) is 37.7 Å². The summed E-state index contributed by atoms with van der Waals surface area (Å²) in [5, 5.41) is 27.2. The molecule has 0 aliphatic carbocycles. The monoisotopic (exact) mass is 340 g/mol. The summed E-state index contributed by atoms with van der Waals surface area (Å²) in [7, 11) is 0. The molecule has 8 heteroatoms. The van der Waals surface area contributed by atoms with Gasteiger partial charge in [0, 0.05) is 23.6 Å². The molecule has 3 rings (SSSR count). The molecule has 0 radical (unpaired) electrons. The molecular weight excluding hydrogens is 320 g/mol. The quantitative estimate of drug-likeness (QED) is 0.578. The summed E-state index contributed by atoms with van der Waals surface area (Å²) >= 11 is 0. The minimum Gasteiger partial charge on any atom is -0.365 e. The number of fused-ring (bicyclic) bond motifs is 1. The molecule has 1 N–H and O–H groups in total. The average molecular weight is 340 g/mol. The fraction of sp³-hybridized carbons (Fsp3) is 0.353. The highest BCUT2D eigenvalue weighted by Gasteiger charge is 2.22. The molecule has 0 saturated heterocycles. The van der Waals surface area contributed by atoms with Crippen LogP contribution in [0.15, 0.2) is 30.3 Å². The van der Waals surface area contributed by atoms with Crippen molar-refractivity contribution in [3.8, 4) is 0 Å². The highest BCUT2D eigenvalue weighted by Crippen LogP contribution is 2.23. The summed E-state index contributed by atoms with van der Waals surface area (Å²) in [5.41, 5.74) is 2.14. The summed E-state index contributed by atoms with van der Waals surface area (Å²) in [6, 6.07) is 8.74. The van der Waals surface area contributed by atoms with E-state index in [4.69, 9.17) is 0 Å². The van der Waals surface area contributed by atoms with Crippen LogP contribution in [-0.2, 0) is 12.0 Å². The zero-order chi connectivity index (χ0) is 18.2. The zero-order valence-corrected chi connectivity index (χ0v) is 14.6. The third-order valence-electron chi connectivity index (χ3n) is 4.01. The van der Waals surface area contributed by atoms with E-state index in [2.05, 4.69) is 41.4 Å². The van der Waals surface area contributed by atoms with Crippen LogP contribution in [0.2, 0.25) is 0 Å². The summed E-state index contributed by atoms with van der Waals surface area (Å²) in [5.74, 6) is 1.43. The third-order valence-corrected chi connectivity index (χ3v) is 4.01. The van der Waals surface area contributed by atoms with Gasteiger partial charge in [-0.3, -0.25) is 10.1 Å². The Bertz CT molecular complexity index is 942. The van der Waals surface area contributed by atoms with E-state index in [0.29, 0.717) is 23.6 Å². The molecule has 0 aliphatic rings. The van der Waals surface area contributed by atoms with Gasteiger partial charge in [-0.15, -0.1) is 15.3 Å². The molecule has 0 spiro atoms. The van der Waals surface area contributed by atoms with E-state index in [1.54, 1.807) is 17.5 Å². The van der Waals surface area contributed by atoms with Crippen molar-refractivity contribution in [3.63, 3.8) is 0 Å². The minimum atomic E-state index is -0.365. The van der Waals surface area contributed by atoms with Crippen molar-refractivity contribution in [3.05, 3.63) is 57.4 Å². The van der Waals surface area contributed by atoms with Crippen LogP contribution in [-0.4, -0.2) is 24.7 Å². The Morgan fingerprint density at radius 2 is 1.96 bits per heavy atom. The van der Waals surface area contributed by atoms with Gasteiger partial charge in [0.15, 0.2) is 11.5 Å². The first-order valence-corrected chi connectivity index (χ1v) is 7.97. The SMILES string of the molecule is Cc1c(CNc2ccc3nnc(C(C)(C)C)n3n2)cccc1[N+](=O)[O-]. The molecule has 2 aromatic heterocycles. The number of aromatic nitrogens is 4. The van der Waals surface area contributed by atoms with Gasteiger partial charge in [-0.25, -0.2) is 0 Å². The molecule has 0 saturated carbocycles. The normalized spacial score (nSPS) is 11.7. The number of hydrogen-bond acceptors (Lipinski definition) is 6. The van der Waals surface area contributed by atoms with E-state index in [-0.39, 0.29) is 16.0 Å². The molecular formula is C17H20N6O2. The number of anilines is 1. The lowest BCUT2D eigenvalue weighted by atomic mass is 9.96. The van der Waals surface area contributed by atoms with Gasteiger partial charge in [0.05, 0.1) is 4.92 Å². The summed E-state index contributed by atoms with van der Waals surface area (Å²) in [6.45, 7) is 8.36. The third kappa shape index (κ3) is 3.28. The first kappa shape index (κ1) is 16.8. The number of nitrogens with one attached hydrogen (secondary N) is 1. The molecule has 1 aromatic carbocycles. The Hall–Kier alpha value is -3.03. The molecule has 25 heavy (non-hydrogen) atoms. The highest BCUT2D eigenvalue weighted by molar-refractivity contribution is 5.48. The van der Waals surface area contributed by atoms with E-state index in [0.717, 1.165) is 11.4 Å². The van der Waals surface area contributed by atoms with E-state index >= 15 is 0 Å². The topological polar surface area (TPSA) is 98.2 Å². The van der Waals surface area contributed by atoms with Crippen molar-refractivity contribution in [1.82, 2.24) is 19.8 Å². The van der Waals surface area contributed by atoms with Gasteiger partial charge in [0.25, 0.3) is 5.69 Å². The zero-order valence-electron chi connectivity index (χ0n) is 14.6. The van der Waals surface area contributed by atoms with Gasteiger partial charge in [-0.05, 0) is 24.6 Å². The lowest BCUT2D eigenvalue weighted by molar-refractivity contribution is -0.385. The Morgan fingerprint density at radius 3 is 2.64 bits per heavy atom. The molecule has 0 amide bonds. The fourth-order valence-corrected chi connectivity index (χ4v) is 2.60. The second-order valence-electron chi connectivity index (χ2n) is 6.93. The van der Waals surface area contributed by atoms with Crippen LogP contribution in [0.4, 0.5) is 11.5 Å². The molecule has 3 aromatic rings. The van der Waals surface area contributed by atoms with E-state index in [1.807, 2.05) is 18.2 Å². The van der Waals surface area contributed by atoms with Crippen molar-refractivity contribution < 1.29 is 4.92 Å². The lowest BCUT2D eigenvalue weighted by Gasteiger charge is -2.15. The van der Waals surface area contributed by atoms with E-state index in [1.165, 1.54) is 6.07 Å². The number of nitrogens with zero attached hydrogens (tertiary/aromatic N) is 5. The molecule has 0 aliphatic heterocycles. The first-order chi connectivity index (χ1) is 11.8.